The van der Waals surface area contributed by atoms with Crippen LogP contribution in [0.25, 0.3) is 0 Å². The van der Waals surface area contributed by atoms with Crippen molar-refractivity contribution in [3.05, 3.63) is 47.6 Å². The first-order valence-electron chi connectivity index (χ1n) is 6.83. The van der Waals surface area contributed by atoms with E-state index in [9.17, 15) is 0 Å². The summed E-state index contributed by atoms with van der Waals surface area (Å²) < 4.78 is 5.23. The van der Waals surface area contributed by atoms with Crippen molar-refractivity contribution in [2.75, 3.05) is 0 Å². The van der Waals surface area contributed by atoms with Crippen LogP contribution in [-0.4, -0.2) is 16.2 Å². The summed E-state index contributed by atoms with van der Waals surface area (Å²) in [6.07, 6.45) is 2.91. The van der Waals surface area contributed by atoms with E-state index in [0.717, 1.165) is 31.0 Å². The van der Waals surface area contributed by atoms with Crippen LogP contribution in [0.5, 0.6) is 0 Å². The molecule has 102 valence electrons. The van der Waals surface area contributed by atoms with E-state index in [0.29, 0.717) is 12.6 Å². The van der Waals surface area contributed by atoms with E-state index in [1.54, 1.807) is 0 Å². The quantitative estimate of drug-likeness (QED) is 0.830. The average Bonchev–Trinajstić information content (AvgIpc) is 2.86. The van der Waals surface area contributed by atoms with Gasteiger partial charge in [0.05, 0.1) is 6.54 Å². The molecule has 19 heavy (non-hydrogen) atoms. The molecule has 1 heterocycles. The Morgan fingerprint density at radius 1 is 1.16 bits per heavy atom. The van der Waals surface area contributed by atoms with E-state index in [4.69, 9.17) is 4.52 Å². The standard InChI is InChI=1S/C15H21N3O/c1-12(2)16-11-14-17-15(19-18-14)10-6-9-13-7-4-3-5-8-13/h3-5,7-8,12,16H,6,9-11H2,1-2H3. The molecule has 0 amide bonds. The van der Waals surface area contributed by atoms with E-state index in [-0.39, 0.29) is 0 Å². The van der Waals surface area contributed by atoms with Gasteiger partial charge in [0.2, 0.25) is 5.89 Å². The molecule has 2 aromatic rings. The molecule has 0 aliphatic heterocycles. The highest BCUT2D eigenvalue weighted by Crippen LogP contribution is 2.07. The first kappa shape index (κ1) is 13.7. The summed E-state index contributed by atoms with van der Waals surface area (Å²) in [5, 5.41) is 7.24. The number of hydrogen-bond donors (Lipinski definition) is 1. The van der Waals surface area contributed by atoms with Crippen LogP contribution in [0, 0.1) is 0 Å². The number of nitrogens with one attached hydrogen (secondary N) is 1. The van der Waals surface area contributed by atoms with Gasteiger partial charge in [-0.2, -0.15) is 4.98 Å². The molecule has 1 N–H and O–H groups in total. The molecule has 0 saturated heterocycles. The van der Waals surface area contributed by atoms with Crippen LogP contribution in [0.3, 0.4) is 0 Å². The van der Waals surface area contributed by atoms with Crippen molar-refractivity contribution in [3.8, 4) is 0 Å². The molecule has 0 unspecified atom stereocenters. The van der Waals surface area contributed by atoms with Gasteiger partial charge in [0.1, 0.15) is 0 Å². The zero-order valence-corrected chi connectivity index (χ0v) is 11.6. The lowest BCUT2D eigenvalue weighted by Crippen LogP contribution is -2.22. The maximum atomic E-state index is 5.23. The SMILES string of the molecule is CC(C)NCc1noc(CCCc2ccccc2)n1. The number of benzene rings is 1. The van der Waals surface area contributed by atoms with E-state index >= 15 is 0 Å². The molecule has 4 heteroatoms. The average molecular weight is 259 g/mol. The van der Waals surface area contributed by atoms with Crippen LogP contribution < -0.4 is 5.32 Å². The van der Waals surface area contributed by atoms with Crippen LogP contribution >= 0.6 is 0 Å². The highest BCUT2D eigenvalue weighted by atomic mass is 16.5. The molecule has 0 fully saturated rings. The first-order chi connectivity index (χ1) is 9.24. The largest absolute Gasteiger partial charge is 0.339 e. The fourth-order valence-electron chi connectivity index (χ4n) is 1.85. The maximum absolute atomic E-state index is 5.23. The Morgan fingerprint density at radius 2 is 1.95 bits per heavy atom. The van der Waals surface area contributed by atoms with Crippen LogP contribution in [0.2, 0.25) is 0 Å². The minimum atomic E-state index is 0.431. The topological polar surface area (TPSA) is 51.0 Å². The number of hydrogen-bond acceptors (Lipinski definition) is 4. The van der Waals surface area contributed by atoms with Gasteiger partial charge in [0.15, 0.2) is 5.82 Å². The van der Waals surface area contributed by atoms with Crippen molar-refractivity contribution < 1.29 is 4.52 Å². The highest BCUT2D eigenvalue weighted by Gasteiger charge is 2.06. The van der Waals surface area contributed by atoms with Crippen LogP contribution in [0.15, 0.2) is 34.9 Å². The molecule has 0 radical (unpaired) electrons. The molecule has 0 spiro atoms. The summed E-state index contributed by atoms with van der Waals surface area (Å²) in [5.74, 6) is 1.47. The maximum Gasteiger partial charge on any atom is 0.226 e. The Hall–Kier alpha value is -1.68. The van der Waals surface area contributed by atoms with Crippen LogP contribution in [0.1, 0.15) is 37.5 Å². The second-order valence-corrected chi connectivity index (χ2v) is 4.98. The first-order valence-corrected chi connectivity index (χ1v) is 6.83. The van der Waals surface area contributed by atoms with Crippen molar-refractivity contribution in [2.24, 2.45) is 0 Å². The molecule has 1 aromatic carbocycles. The summed E-state index contributed by atoms with van der Waals surface area (Å²) in [7, 11) is 0. The molecule has 0 bridgehead atoms. The van der Waals surface area contributed by atoms with E-state index in [2.05, 4.69) is 53.6 Å². The monoisotopic (exact) mass is 259 g/mol. The van der Waals surface area contributed by atoms with Crippen molar-refractivity contribution in [1.29, 1.82) is 0 Å². The number of aromatic nitrogens is 2. The molecular weight excluding hydrogens is 238 g/mol. The lowest BCUT2D eigenvalue weighted by atomic mass is 10.1. The van der Waals surface area contributed by atoms with Gasteiger partial charge < -0.3 is 9.84 Å². The molecular formula is C15H21N3O. The lowest BCUT2D eigenvalue weighted by molar-refractivity contribution is 0.368. The summed E-state index contributed by atoms with van der Waals surface area (Å²) in [4.78, 5) is 4.37. The number of nitrogens with zero attached hydrogens (tertiary/aromatic N) is 2. The predicted molar refractivity (Wildman–Crippen MR) is 74.7 cm³/mol. The lowest BCUT2D eigenvalue weighted by Gasteiger charge is -2.03. The van der Waals surface area contributed by atoms with Gasteiger partial charge in [-0.15, -0.1) is 0 Å². The van der Waals surface area contributed by atoms with Gasteiger partial charge in [0, 0.05) is 12.5 Å². The molecule has 2 rings (SSSR count). The summed E-state index contributed by atoms with van der Waals surface area (Å²) in [5.41, 5.74) is 1.35. The van der Waals surface area contributed by atoms with Crippen molar-refractivity contribution in [1.82, 2.24) is 15.5 Å². The fraction of sp³-hybridized carbons (Fsp3) is 0.467. The second-order valence-electron chi connectivity index (χ2n) is 4.98. The van der Waals surface area contributed by atoms with Crippen molar-refractivity contribution in [2.45, 2.75) is 45.7 Å². The van der Waals surface area contributed by atoms with Gasteiger partial charge >= 0.3 is 0 Å². The third-order valence-corrected chi connectivity index (χ3v) is 2.88. The van der Waals surface area contributed by atoms with Gasteiger partial charge in [-0.3, -0.25) is 0 Å². The van der Waals surface area contributed by atoms with E-state index < -0.39 is 0 Å². The van der Waals surface area contributed by atoms with Gasteiger partial charge in [-0.25, -0.2) is 0 Å². The third-order valence-electron chi connectivity index (χ3n) is 2.88. The number of aryl methyl sites for hydroxylation is 2. The Morgan fingerprint density at radius 3 is 2.68 bits per heavy atom. The normalized spacial score (nSPS) is 11.1. The molecule has 4 nitrogen and oxygen atoms in total. The Labute approximate surface area is 114 Å². The molecule has 0 aliphatic carbocycles. The third kappa shape index (κ3) is 4.83. The summed E-state index contributed by atoms with van der Waals surface area (Å²) >= 11 is 0. The Kier molecular flexibility index (Phi) is 5.10. The molecule has 1 aromatic heterocycles. The van der Waals surface area contributed by atoms with Gasteiger partial charge in [-0.05, 0) is 18.4 Å². The second kappa shape index (κ2) is 7.04. The van der Waals surface area contributed by atoms with Gasteiger partial charge in [0.25, 0.3) is 0 Å². The van der Waals surface area contributed by atoms with E-state index in [1.807, 2.05) is 6.07 Å². The van der Waals surface area contributed by atoms with Crippen molar-refractivity contribution >= 4 is 0 Å². The molecule has 0 saturated carbocycles. The smallest absolute Gasteiger partial charge is 0.226 e. The zero-order valence-electron chi connectivity index (χ0n) is 11.6. The Bertz CT molecular complexity index is 479. The van der Waals surface area contributed by atoms with E-state index in [1.165, 1.54) is 5.56 Å². The fourth-order valence-corrected chi connectivity index (χ4v) is 1.85. The van der Waals surface area contributed by atoms with Crippen LogP contribution in [-0.2, 0) is 19.4 Å². The Balaban J connectivity index is 1.74. The summed E-state index contributed by atoms with van der Waals surface area (Å²) in [6, 6.07) is 10.9. The highest BCUT2D eigenvalue weighted by molar-refractivity contribution is 5.14. The zero-order chi connectivity index (χ0) is 13.5. The predicted octanol–water partition coefficient (Wildman–Crippen LogP) is 2.74. The van der Waals surface area contributed by atoms with Crippen molar-refractivity contribution in [3.63, 3.8) is 0 Å². The molecule has 0 atom stereocenters. The molecule has 0 aliphatic rings. The summed E-state index contributed by atoms with van der Waals surface area (Å²) in [6.45, 7) is 4.86. The number of rotatable bonds is 7. The minimum Gasteiger partial charge on any atom is -0.339 e. The van der Waals surface area contributed by atoms with Crippen LogP contribution in [0.4, 0.5) is 0 Å². The minimum absolute atomic E-state index is 0.431. The van der Waals surface area contributed by atoms with Gasteiger partial charge in [-0.1, -0.05) is 49.3 Å².